The first-order chi connectivity index (χ1) is 11.3. The Morgan fingerprint density at radius 1 is 0.792 bits per heavy atom. The molecule has 130 valence electrons. The molecule has 0 heterocycles. The molecule has 0 aliphatic heterocycles. The molecule has 3 unspecified atom stereocenters. The molecule has 0 aromatic rings. The van der Waals surface area contributed by atoms with E-state index in [9.17, 15) is 14.4 Å². The van der Waals surface area contributed by atoms with Gasteiger partial charge in [0.2, 0.25) is 0 Å². The lowest BCUT2D eigenvalue weighted by Crippen LogP contribution is -2.58. The molecular formula is C12H16N6O6. The maximum atomic E-state index is 11.4. The lowest BCUT2D eigenvalue weighted by Gasteiger charge is -2.41. The van der Waals surface area contributed by atoms with E-state index < -0.39 is 48.3 Å². The molecule has 1 fully saturated rings. The third kappa shape index (κ3) is 5.04. The van der Waals surface area contributed by atoms with E-state index in [1.54, 1.807) is 0 Å². The summed E-state index contributed by atoms with van der Waals surface area (Å²) in [5, 5.41) is 7.02. The Hall–Kier alpha value is -2.97. The highest BCUT2D eigenvalue weighted by molar-refractivity contribution is 5.68. The fourth-order valence-electron chi connectivity index (χ4n) is 2.50. The summed E-state index contributed by atoms with van der Waals surface area (Å²) in [6.45, 7) is 3.35. The van der Waals surface area contributed by atoms with Crippen LogP contribution < -0.4 is 0 Å². The molecule has 0 radical (unpaired) electrons. The van der Waals surface area contributed by atoms with E-state index in [4.69, 9.17) is 25.3 Å². The molecular weight excluding hydrogens is 324 g/mol. The second-order valence-electron chi connectivity index (χ2n) is 5.00. The van der Waals surface area contributed by atoms with Crippen molar-refractivity contribution >= 4 is 17.9 Å². The van der Waals surface area contributed by atoms with Gasteiger partial charge in [-0.25, -0.2) is 0 Å². The standard InChI is InChI=1S/C12H16N6O6/c1-5(19)22-10-8(15-17-13)4-9(16-18-14)11(23-6(2)20)12(10)24-7(3)21/h8-12H,4H2,1-3H3/t8?,9?,10-,11+,12?. The number of hydrogen-bond acceptors (Lipinski definition) is 8. The predicted octanol–water partition coefficient (Wildman–Crippen LogP) is 1.54. The zero-order valence-corrected chi connectivity index (χ0v) is 13.2. The zero-order chi connectivity index (χ0) is 18.3. The Balaban J connectivity index is 3.34. The summed E-state index contributed by atoms with van der Waals surface area (Å²) in [4.78, 5) is 39.4. The van der Waals surface area contributed by atoms with Gasteiger partial charge in [0.15, 0.2) is 18.3 Å². The van der Waals surface area contributed by atoms with Crippen molar-refractivity contribution in [2.45, 2.75) is 57.6 Å². The molecule has 0 aromatic carbocycles. The van der Waals surface area contributed by atoms with Gasteiger partial charge in [0.05, 0.1) is 12.1 Å². The summed E-state index contributed by atoms with van der Waals surface area (Å²) in [5.74, 6) is -2.16. The van der Waals surface area contributed by atoms with Crippen LogP contribution >= 0.6 is 0 Å². The molecule has 24 heavy (non-hydrogen) atoms. The van der Waals surface area contributed by atoms with Gasteiger partial charge in [-0.2, -0.15) is 0 Å². The third-order valence-electron chi connectivity index (χ3n) is 3.20. The molecule has 12 nitrogen and oxygen atoms in total. The van der Waals surface area contributed by atoms with E-state index in [2.05, 4.69) is 20.1 Å². The van der Waals surface area contributed by atoms with Crippen LogP contribution in [-0.2, 0) is 28.6 Å². The van der Waals surface area contributed by atoms with E-state index in [0.717, 1.165) is 20.8 Å². The van der Waals surface area contributed by atoms with E-state index in [1.807, 2.05) is 0 Å². The molecule has 1 rings (SSSR count). The quantitative estimate of drug-likeness (QED) is 0.241. The second-order valence-corrected chi connectivity index (χ2v) is 5.00. The van der Waals surface area contributed by atoms with E-state index >= 15 is 0 Å². The smallest absolute Gasteiger partial charge is 0.303 e. The van der Waals surface area contributed by atoms with Crippen molar-refractivity contribution < 1.29 is 28.6 Å². The molecule has 0 bridgehead atoms. The maximum absolute atomic E-state index is 11.4. The van der Waals surface area contributed by atoms with Crippen molar-refractivity contribution in [2.75, 3.05) is 0 Å². The predicted molar refractivity (Wildman–Crippen MR) is 77.1 cm³/mol. The zero-order valence-electron chi connectivity index (χ0n) is 13.2. The highest BCUT2D eigenvalue weighted by Crippen LogP contribution is 2.32. The SMILES string of the molecule is CC(=O)OC1[C@H](OC(C)=O)C(N=[N+]=[N-])CC(N=[N+]=[N-])[C@@H]1OC(C)=O. The lowest BCUT2D eigenvalue weighted by atomic mass is 9.84. The summed E-state index contributed by atoms with van der Waals surface area (Å²) in [6.07, 6.45) is -3.70. The minimum Gasteiger partial charge on any atom is -0.458 e. The van der Waals surface area contributed by atoms with E-state index in [-0.39, 0.29) is 6.42 Å². The van der Waals surface area contributed by atoms with Crippen molar-refractivity contribution in [1.29, 1.82) is 0 Å². The molecule has 0 spiro atoms. The van der Waals surface area contributed by atoms with Crippen molar-refractivity contribution in [2.24, 2.45) is 10.2 Å². The summed E-state index contributed by atoms with van der Waals surface area (Å²) < 4.78 is 15.3. The van der Waals surface area contributed by atoms with Crippen LogP contribution in [-0.4, -0.2) is 48.3 Å². The Labute approximate surface area is 136 Å². The third-order valence-corrected chi connectivity index (χ3v) is 3.20. The van der Waals surface area contributed by atoms with Gasteiger partial charge in [0.25, 0.3) is 0 Å². The van der Waals surface area contributed by atoms with Gasteiger partial charge in [-0.05, 0) is 17.5 Å². The Morgan fingerprint density at radius 2 is 1.12 bits per heavy atom. The Kier molecular flexibility index (Phi) is 6.84. The van der Waals surface area contributed by atoms with Gasteiger partial charge in [-0.1, -0.05) is 10.2 Å². The molecule has 0 amide bonds. The molecule has 1 aliphatic carbocycles. The monoisotopic (exact) mass is 340 g/mol. The van der Waals surface area contributed by atoms with Crippen LogP contribution in [0, 0.1) is 0 Å². The number of carbonyl (C=O) groups is 3. The summed E-state index contributed by atoms with van der Waals surface area (Å²) in [6, 6.07) is -1.93. The van der Waals surface area contributed by atoms with E-state index in [0.29, 0.717) is 0 Å². The minimum absolute atomic E-state index is 0.0538. The minimum atomic E-state index is -1.28. The fourth-order valence-corrected chi connectivity index (χ4v) is 2.50. The molecule has 1 saturated carbocycles. The van der Waals surface area contributed by atoms with Crippen LogP contribution in [0.5, 0.6) is 0 Å². The number of esters is 3. The fraction of sp³-hybridized carbons (Fsp3) is 0.750. The van der Waals surface area contributed by atoms with Gasteiger partial charge < -0.3 is 14.2 Å². The van der Waals surface area contributed by atoms with Crippen molar-refractivity contribution in [3.05, 3.63) is 20.9 Å². The number of rotatable bonds is 5. The van der Waals surface area contributed by atoms with Gasteiger partial charge in [0, 0.05) is 30.6 Å². The van der Waals surface area contributed by atoms with Gasteiger partial charge in [-0.15, -0.1) is 0 Å². The Morgan fingerprint density at radius 3 is 1.42 bits per heavy atom. The number of hydrogen-bond donors (Lipinski definition) is 0. The van der Waals surface area contributed by atoms with Crippen LogP contribution in [0.25, 0.3) is 20.9 Å². The average molecular weight is 340 g/mol. The van der Waals surface area contributed by atoms with Crippen molar-refractivity contribution in [3.63, 3.8) is 0 Å². The molecule has 12 heteroatoms. The summed E-state index contributed by atoms with van der Waals surface area (Å²) in [7, 11) is 0. The normalized spacial score (nSPS) is 28.5. The first kappa shape index (κ1) is 19.1. The molecule has 5 atom stereocenters. The Bertz CT molecular complexity index is 567. The van der Waals surface area contributed by atoms with Gasteiger partial charge >= 0.3 is 17.9 Å². The molecule has 0 N–H and O–H groups in total. The van der Waals surface area contributed by atoms with Gasteiger partial charge in [0.1, 0.15) is 0 Å². The van der Waals surface area contributed by atoms with Gasteiger partial charge in [-0.3, -0.25) is 14.4 Å². The van der Waals surface area contributed by atoms with Crippen LogP contribution in [0.4, 0.5) is 0 Å². The lowest BCUT2D eigenvalue weighted by molar-refractivity contribution is -0.193. The van der Waals surface area contributed by atoms with Crippen LogP contribution in [0.15, 0.2) is 10.2 Å². The average Bonchev–Trinajstić information content (AvgIpc) is 2.45. The molecule has 1 aliphatic rings. The number of azide groups is 2. The molecule has 0 saturated heterocycles. The highest BCUT2D eigenvalue weighted by atomic mass is 16.6. The van der Waals surface area contributed by atoms with Crippen LogP contribution in [0.3, 0.4) is 0 Å². The number of nitrogens with zero attached hydrogens (tertiary/aromatic N) is 6. The van der Waals surface area contributed by atoms with Crippen LogP contribution in [0.1, 0.15) is 27.2 Å². The van der Waals surface area contributed by atoms with E-state index in [1.165, 1.54) is 0 Å². The maximum Gasteiger partial charge on any atom is 0.303 e. The summed E-state index contributed by atoms with van der Waals surface area (Å²) >= 11 is 0. The van der Waals surface area contributed by atoms with Crippen molar-refractivity contribution in [3.8, 4) is 0 Å². The largest absolute Gasteiger partial charge is 0.458 e. The topological polar surface area (TPSA) is 176 Å². The summed E-state index contributed by atoms with van der Waals surface area (Å²) in [5.41, 5.74) is 17.4. The number of ether oxygens (including phenoxy) is 3. The highest BCUT2D eigenvalue weighted by Gasteiger charge is 2.50. The number of carbonyl (C=O) groups excluding carboxylic acids is 3. The first-order valence-corrected chi connectivity index (χ1v) is 6.90. The molecule has 0 aromatic heterocycles. The van der Waals surface area contributed by atoms with Crippen molar-refractivity contribution in [1.82, 2.24) is 0 Å². The first-order valence-electron chi connectivity index (χ1n) is 6.90. The van der Waals surface area contributed by atoms with Crippen LogP contribution in [0.2, 0.25) is 0 Å². The second kappa shape index (κ2) is 8.61.